The summed E-state index contributed by atoms with van der Waals surface area (Å²) >= 11 is 0. The zero-order chi connectivity index (χ0) is 16.9. The third kappa shape index (κ3) is 5.39. The second-order valence-electron chi connectivity index (χ2n) is 7.92. The van der Waals surface area contributed by atoms with Crippen LogP contribution in [0.25, 0.3) is 0 Å². The van der Waals surface area contributed by atoms with E-state index in [1.807, 2.05) is 0 Å². The van der Waals surface area contributed by atoms with Crippen molar-refractivity contribution in [2.75, 3.05) is 13.7 Å². The highest BCUT2D eigenvalue weighted by molar-refractivity contribution is 5.27. The topological polar surface area (TPSA) is 12.5 Å². The van der Waals surface area contributed by atoms with Gasteiger partial charge in [-0.1, -0.05) is 18.2 Å². The van der Waals surface area contributed by atoms with Crippen LogP contribution in [0.5, 0.6) is 5.75 Å². The van der Waals surface area contributed by atoms with Gasteiger partial charge < -0.3 is 4.74 Å². The Morgan fingerprint density at radius 3 is 2.22 bits per heavy atom. The van der Waals surface area contributed by atoms with Crippen molar-refractivity contribution in [1.82, 2.24) is 4.90 Å². The maximum Gasteiger partial charge on any atom is 0.118 e. The molecule has 0 saturated heterocycles. The Labute approximate surface area is 142 Å². The highest BCUT2D eigenvalue weighted by Crippen LogP contribution is 2.31. The van der Waals surface area contributed by atoms with E-state index < -0.39 is 0 Å². The molecule has 0 amide bonds. The third-order valence-electron chi connectivity index (χ3n) is 5.18. The summed E-state index contributed by atoms with van der Waals surface area (Å²) in [7, 11) is 1.72. The number of benzene rings is 1. The molecule has 0 unspecified atom stereocenters. The van der Waals surface area contributed by atoms with Crippen molar-refractivity contribution in [1.29, 1.82) is 0 Å². The fraction of sp³-hybridized carbons (Fsp3) is 0.619. The first kappa shape index (κ1) is 18.1. The molecular formula is C21H33NO. The summed E-state index contributed by atoms with van der Waals surface area (Å²) in [6.45, 7) is 13.1. The van der Waals surface area contributed by atoms with Crippen molar-refractivity contribution in [2.24, 2.45) is 11.8 Å². The molecule has 2 rings (SSSR count). The lowest BCUT2D eigenvalue weighted by Crippen LogP contribution is -2.44. The SMILES string of the molecule is C=CC1CCC(CN(Cc2ccc(OC)cc2)C(C)(C)C)CC1. The van der Waals surface area contributed by atoms with Crippen molar-refractivity contribution >= 4 is 0 Å². The number of ether oxygens (including phenoxy) is 1. The van der Waals surface area contributed by atoms with E-state index in [9.17, 15) is 0 Å². The van der Waals surface area contributed by atoms with Gasteiger partial charge in [0.15, 0.2) is 0 Å². The maximum atomic E-state index is 5.26. The largest absolute Gasteiger partial charge is 0.497 e. The summed E-state index contributed by atoms with van der Waals surface area (Å²) in [6.07, 6.45) is 7.45. The van der Waals surface area contributed by atoms with Crippen LogP contribution in [0.1, 0.15) is 52.0 Å². The monoisotopic (exact) mass is 315 g/mol. The molecule has 0 N–H and O–H groups in total. The molecule has 1 fully saturated rings. The predicted molar refractivity (Wildman–Crippen MR) is 98.8 cm³/mol. The van der Waals surface area contributed by atoms with E-state index in [2.05, 4.69) is 62.6 Å². The van der Waals surface area contributed by atoms with Crippen molar-refractivity contribution in [3.05, 3.63) is 42.5 Å². The molecule has 0 spiro atoms. The predicted octanol–water partition coefficient (Wildman–Crippen LogP) is 5.29. The lowest BCUT2D eigenvalue weighted by Gasteiger charge is -2.40. The van der Waals surface area contributed by atoms with Gasteiger partial charge in [-0.15, -0.1) is 6.58 Å². The molecule has 0 aromatic heterocycles. The fourth-order valence-electron chi connectivity index (χ4n) is 3.45. The normalized spacial score (nSPS) is 22.1. The first-order chi connectivity index (χ1) is 10.9. The molecule has 128 valence electrons. The van der Waals surface area contributed by atoms with Gasteiger partial charge in [0.25, 0.3) is 0 Å². The fourth-order valence-corrected chi connectivity index (χ4v) is 3.45. The minimum Gasteiger partial charge on any atom is -0.497 e. The second-order valence-corrected chi connectivity index (χ2v) is 7.92. The van der Waals surface area contributed by atoms with Gasteiger partial charge in [-0.05, 0) is 76.0 Å². The maximum absolute atomic E-state index is 5.26. The van der Waals surface area contributed by atoms with Crippen LogP contribution < -0.4 is 4.74 Å². The molecule has 0 aliphatic heterocycles. The molecular weight excluding hydrogens is 282 g/mol. The minimum atomic E-state index is 0.190. The molecule has 1 aromatic rings. The van der Waals surface area contributed by atoms with E-state index in [1.165, 1.54) is 37.8 Å². The van der Waals surface area contributed by atoms with Gasteiger partial charge in [-0.2, -0.15) is 0 Å². The van der Waals surface area contributed by atoms with Gasteiger partial charge >= 0.3 is 0 Å². The van der Waals surface area contributed by atoms with Crippen LogP contribution >= 0.6 is 0 Å². The van der Waals surface area contributed by atoms with Gasteiger partial charge in [0.1, 0.15) is 5.75 Å². The smallest absolute Gasteiger partial charge is 0.118 e. The minimum absolute atomic E-state index is 0.190. The summed E-state index contributed by atoms with van der Waals surface area (Å²) in [5.41, 5.74) is 1.55. The summed E-state index contributed by atoms with van der Waals surface area (Å²) in [4.78, 5) is 2.63. The number of methoxy groups -OCH3 is 1. The Kier molecular flexibility index (Phi) is 6.29. The van der Waals surface area contributed by atoms with Gasteiger partial charge in [-0.25, -0.2) is 0 Å². The summed E-state index contributed by atoms with van der Waals surface area (Å²) in [6, 6.07) is 8.50. The van der Waals surface area contributed by atoms with Gasteiger partial charge in [0.2, 0.25) is 0 Å². The standard InChI is InChI=1S/C21H33NO/c1-6-17-7-9-18(10-8-17)15-22(21(2,3)4)16-19-11-13-20(23-5)14-12-19/h6,11-14,17-18H,1,7-10,15-16H2,2-5H3. The van der Waals surface area contributed by atoms with E-state index in [0.717, 1.165) is 24.1 Å². The van der Waals surface area contributed by atoms with E-state index in [4.69, 9.17) is 4.74 Å². The van der Waals surface area contributed by atoms with Crippen LogP contribution in [0.4, 0.5) is 0 Å². The highest BCUT2D eigenvalue weighted by Gasteiger charge is 2.27. The molecule has 1 aromatic carbocycles. The lowest BCUT2D eigenvalue weighted by atomic mass is 9.81. The first-order valence-corrected chi connectivity index (χ1v) is 8.93. The number of hydrogen-bond acceptors (Lipinski definition) is 2. The van der Waals surface area contributed by atoms with Crippen LogP contribution in [0.3, 0.4) is 0 Å². The van der Waals surface area contributed by atoms with Gasteiger partial charge in [0, 0.05) is 18.6 Å². The van der Waals surface area contributed by atoms with Crippen LogP contribution in [0, 0.1) is 11.8 Å². The van der Waals surface area contributed by atoms with E-state index in [0.29, 0.717) is 0 Å². The molecule has 0 heterocycles. The molecule has 2 heteroatoms. The number of rotatable bonds is 6. The van der Waals surface area contributed by atoms with Crippen LogP contribution in [-0.4, -0.2) is 24.1 Å². The lowest BCUT2D eigenvalue weighted by molar-refractivity contribution is 0.0903. The molecule has 0 bridgehead atoms. The Morgan fingerprint density at radius 2 is 1.74 bits per heavy atom. The van der Waals surface area contributed by atoms with Crippen molar-refractivity contribution in [3.63, 3.8) is 0 Å². The van der Waals surface area contributed by atoms with Crippen molar-refractivity contribution in [3.8, 4) is 5.75 Å². The van der Waals surface area contributed by atoms with E-state index in [-0.39, 0.29) is 5.54 Å². The van der Waals surface area contributed by atoms with Crippen LogP contribution in [0.15, 0.2) is 36.9 Å². The highest BCUT2D eigenvalue weighted by atomic mass is 16.5. The zero-order valence-corrected chi connectivity index (χ0v) is 15.3. The molecule has 23 heavy (non-hydrogen) atoms. The van der Waals surface area contributed by atoms with Gasteiger partial charge in [0.05, 0.1) is 7.11 Å². The quantitative estimate of drug-likeness (QED) is 0.661. The first-order valence-electron chi connectivity index (χ1n) is 8.93. The molecule has 0 radical (unpaired) electrons. The zero-order valence-electron chi connectivity index (χ0n) is 15.3. The Morgan fingerprint density at radius 1 is 1.13 bits per heavy atom. The van der Waals surface area contributed by atoms with Crippen molar-refractivity contribution in [2.45, 2.75) is 58.5 Å². The average Bonchev–Trinajstić information content (AvgIpc) is 2.54. The van der Waals surface area contributed by atoms with Crippen LogP contribution in [-0.2, 0) is 6.54 Å². The van der Waals surface area contributed by atoms with Gasteiger partial charge in [-0.3, -0.25) is 4.90 Å². The van der Waals surface area contributed by atoms with E-state index >= 15 is 0 Å². The average molecular weight is 316 g/mol. The molecule has 0 atom stereocenters. The molecule has 2 nitrogen and oxygen atoms in total. The Hall–Kier alpha value is -1.28. The third-order valence-corrected chi connectivity index (χ3v) is 5.18. The molecule has 1 saturated carbocycles. The molecule has 1 aliphatic rings. The number of nitrogens with zero attached hydrogens (tertiary/aromatic N) is 1. The summed E-state index contributed by atoms with van der Waals surface area (Å²) in [5.74, 6) is 2.50. The second kappa shape index (κ2) is 8.01. The number of hydrogen-bond donors (Lipinski definition) is 0. The summed E-state index contributed by atoms with van der Waals surface area (Å²) in [5, 5.41) is 0. The summed E-state index contributed by atoms with van der Waals surface area (Å²) < 4.78 is 5.26. The van der Waals surface area contributed by atoms with E-state index in [1.54, 1.807) is 7.11 Å². The van der Waals surface area contributed by atoms with Crippen LogP contribution in [0.2, 0.25) is 0 Å². The Bertz CT molecular complexity index is 478. The van der Waals surface area contributed by atoms with Crippen molar-refractivity contribution < 1.29 is 4.74 Å². The Balaban J connectivity index is 1.98. The molecule has 1 aliphatic carbocycles. The number of allylic oxidation sites excluding steroid dienone is 1.